The zero-order valence-electron chi connectivity index (χ0n) is 10.0. The maximum Gasteiger partial charge on any atom is 0.239 e. The minimum Gasteiger partial charge on any atom is -0.340 e. The minimum absolute atomic E-state index is 0.0850. The molecule has 0 saturated carbocycles. The van der Waals surface area contributed by atoms with Crippen LogP contribution in [0.4, 0.5) is 0 Å². The Kier molecular flexibility index (Phi) is 4.04. The Morgan fingerprint density at radius 3 is 2.65 bits per heavy atom. The highest BCUT2D eigenvalue weighted by Crippen LogP contribution is 2.12. The first kappa shape index (κ1) is 12.8. The van der Waals surface area contributed by atoms with Gasteiger partial charge in [-0.1, -0.05) is 6.42 Å². The molecule has 98 valence electrons. The summed E-state index contributed by atoms with van der Waals surface area (Å²) in [5.74, 6) is 0.419. The number of hydrogen-bond acceptors (Lipinski definition) is 4. The molecule has 1 N–H and O–H groups in total. The number of sulfone groups is 1. The summed E-state index contributed by atoms with van der Waals surface area (Å²) in [6.07, 6.45) is 3.65. The molecular formula is C11H20N2O3S. The second-order valence-corrected chi connectivity index (χ2v) is 7.14. The van der Waals surface area contributed by atoms with E-state index in [2.05, 4.69) is 5.32 Å². The van der Waals surface area contributed by atoms with Crippen LogP contribution in [0.25, 0.3) is 0 Å². The van der Waals surface area contributed by atoms with Gasteiger partial charge in [-0.2, -0.15) is 0 Å². The van der Waals surface area contributed by atoms with E-state index in [0.29, 0.717) is 19.5 Å². The summed E-state index contributed by atoms with van der Waals surface area (Å²) in [7, 11) is -2.93. The molecule has 6 heteroatoms. The van der Waals surface area contributed by atoms with Crippen molar-refractivity contribution in [2.75, 3.05) is 31.1 Å². The lowest BCUT2D eigenvalue weighted by atomic mass is 10.0. The molecule has 0 bridgehead atoms. The summed E-state index contributed by atoms with van der Waals surface area (Å²) in [6, 6.07) is -0.0930. The Morgan fingerprint density at radius 2 is 1.94 bits per heavy atom. The molecule has 0 unspecified atom stereocenters. The number of carbonyl (C=O) groups excluding carboxylic acids is 1. The monoisotopic (exact) mass is 260 g/mol. The fourth-order valence-electron chi connectivity index (χ4n) is 2.44. The summed E-state index contributed by atoms with van der Waals surface area (Å²) >= 11 is 0. The molecule has 2 heterocycles. The van der Waals surface area contributed by atoms with Crippen molar-refractivity contribution < 1.29 is 13.2 Å². The van der Waals surface area contributed by atoms with Crippen LogP contribution in [-0.2, 0) is 14.6 Å². The highest BCUT2D eigenvalue weighted by atomic mass is 32.2. The van der Waals surface area contributed by atoms with Gasteiger partial charge in [0.2, 0.25) is 5.91 Å². The molecule has 2 aliphatic heterocycles. The first-order chi connectivity index (χ1) is 8.08. The van der Waals surface area contributed by atoms with Gasteiger partial charge < -0.3 is 10.2 Å². The topological polar surface area (TPSA) is 66.5 Å². The number of hydrogen-bond donors (Lipinski definition) is 1. The molecule has 1 amide bonds. The highest BCUT2D eigenvalue weighted by molar-refractivity contribution is 7.91. The zero-order valence-corrected chi connectivity index (χ0v) is 10.8. The van der Waals surface area contributed by atoms with Crippen molar-refractivity contribution in [3.8, 4) is 0 Å². The fourth-order valence-corrected chi connectivity index (χ4v) is 3.71. The normalized spacial score (nSPS) is 29.6. The SMILES string of the molecule is O=C([C@H]1CCCCN1)N1CCCS(=O)(=O)CC1. The van der Waals surface area contributed by atoms with Crippen LogP contribution in [0.3, 0.4) is 0 Å². The first-order valence-corrected chi connectivity index (χ1v) is 8.13. The van der Waals surface area contributed by atoms with Crippen LogP contribution in [0.1, 0.15) is 25.7 Å². The Morgan fingerprint density at radius 1 is 1.12 bits per heavy atom. The Labute approximate surface area is 102 Å². The molecule has 0 aliphatic carbocycles. The number of carbonyl (C=O) groups is 1. The van der Waals surface area contributed by atoms with Crippen LogP contribution in [0.15, 0.2) is 0 Å². The van der Waals surface area contributed by atoms with E-state index >= 15 is 0 Å². The number of nitrogens with one attached hydrogen (secondary N) is 1. The molecule has 0 aromatic heterocycles. The van der Waals surface area contributed by atoms with Crippen molar-refractivity contribution in [3.63, 3.8) is 0 Å². The minimum atomic E-state index is -2.93. The maximum atomic E-state index is 12.2. The first-order valence-electron chi connectivity index (χ1n) is 6.31. The van der Waals surface area contributed by atoms with Crippen molar-refractivity contribution >= 4 is 15.7 Å². The second-order valence-electron chi connectivity index (χ2n) is 4.83. The van der Waals surface area contributed by atoms with Crippen molar-refractivity contribution in [1.82, 2.24) is 10.2 Å². The summed E-state index contributed by atoms with van der Waals surface area (Å²) in [4.78, 5) is 13.9. The van der Waals surface area contributed by atoms with Gasteiger partial charge in [-0.05, 0) is 25.8 Å². The molecule has 5 nitrogen and oxygen atoms in total. The number of nitrogens with zero attached hydrogens (tertiary/aromatic N) is 1. The van der Waals surface area contributed by atoms with Gasteiger partial charge in [0.1, 0.15) is 0 Å². The van der Waals surface area contributed by atoms with E-state index in [1.165, 1.54) is 0 Å². The standard InChI is InChI=1S/C11H20N2O3S/c14-11(10-4-1-2-5-12-10)13-6-3-8-17(15,16)9-7-13/h10,12H,1-9H2/t10-/m1/s1. The summed E-state index contributed by atoms with van der Waals surface area (Å²) < 4.78 is 22.9. The lowest BCUT2D eigenvalue weighted by Gasteiger charge is -2.28. The molecule has 0 aromatic rings. The van der Waals surface area contributed by atoms with Gasteiger partial charge in [-0.15, -0.1) is 0 Å². The van der Waals surface area contributed by atoms with Crippen LogP contribution < -0.4 is 5.32 Å². The van der Waals surface area contributed by atoms with E-state index < -0.39 is 9.84 Å². The summed E-state index contributed by atoms with van der Waals surface area (Å²) in [5.41, 5.74) is 0. The molecule has 2 fully saturated rings. The molecule has 0 spiro atoms. The maximum absolute atomic E-state index is 12.2. The average Bonchev–Trinajstić information content (AvgIpc) is 2.50. The second kappa shape index (κ2) is 5.35. The lowest BCUT2D eigenvalue weighted by Crippen LogP contribution is -2.49. The van der Waals surface area contributed by atoms with Gasteiger partial charge in [0.15, 0.2) is 9.84 Å². The molecular weight excluding hydrogens is 240 g/mol. The van der Waals surface area contributed by atoms with E-state index in [0.717, 1.165) is 25.8 Å². The highest BCUT2D eigenvalue weighted by Gasteiger charge is 2.28. The van der Waals surface area contributed by atoms with E-state index in [9.17, 15) is 13.2 Å². The third kappa shape index (κ3) is 3.42. The lowest BCUT2D eigenvalue weighted by molar-refractivity contribution is -0.133. The molecule has 17 heavy (non-hydrogen) atoms. The Balaban J connectivity index is 1.95. The van der Waals surface area contributed by atoms with Gasteiger partial charge >= 0.3 is 0 Å². The summed E-state index contributed by atoms with van der Waals surface area (Å²) in [5, 5.41) is 3.22. The van der Waals surface area contributed by atoms with Crippen LogP contribution in [0, 0.1) is 0 Å². The van der Waals surface area contributed by atoms with E-state index in [1.807, 2.05) is 0 Å². The van der Waals surface area contributed by atoms with Gasteiger partial charge in [0.05, 0.1) is 17.5 Å². The van der Waals surface area contributed by atoms with Crippen molar-refractivity contribution in [2.45, 2.75) is 31.7 Å². The molecule has 0 aromatic carbocycles. The number of amides is 1. The molecule has 2 rings (SSSR count). The van der Waals surface area contributed by atoms with Crippen LogP contribution in [0.2, 0.25) is 0 Å². The van der Waals surface area contributed by atoms with E-state index in [-0.39, 0.29) is 23.5 Å². The molecule has 0 radical (unpaired) electrons. The van der Waals surface area contributed by atoms with Gasteiger partial charge in [-0.25, -0.2) is 8.42 Å². The van der Waals surface area contributed by atoms with Gasteiger partial charge in [0, 0.05) is 13.1 Å². The zero-order chi connectivity index (χ0) is 12.3. The third-order valence-corrected chi connectivity index (χ3v) is 5.19. The number of piperidine rings is 1. The predicted molar refractivity (Wildman–Crippen MR) is 65.5 cm³/mol. The number of rotatable bonds is 1. The van der Waals surface area contributed by atoms with Crippen LogP contribution >= 0.6 is 0 Å². The van der Waals surface area contributed by atoms with Crippen molar-refractivity contribution in [1.29, 1.82) is 0 Å². The van der Waals surface area contributed by atoms with E-state index in [4.69, 9.17) is 0 Å². The van der Waals surface area contributed by atoms with Gasteiger partial charge in [-0.3, -0.25) is 4.79 Å². The average molecular weight is 260 g/mol. The predicted octanol–water partition coefficient (Wildman–Crippen LogP) is -0.224. The Hall–Kier alpha value is -0.620. The molecule has 2 saturated heterocycles. The smallest absolute Gasteiger partial charge is 0.239 e. The van der Waals surface area contributed by atoms with Crippen molar-refractivity contribution in [3.05, 3.63) is 0 Å². The quantitative estimate of drug-likeness (QED) is 0.707. The summed E-state index contributed by atoms with van der Waals surface area (Å²) in [6.45, 7) is 1.83. The largest absolute Gasteiger partial charge is 0.340 e. The third-order valence-electron chi connectivity index (χ3n) is 3.48. The van der Waals surface area contributed by atoms with Gasteiger partial charge in [0.25, 0.3) is 0 Å². The van der Waals surface area contributed by atoms with Crippen LogP contribution in [0.5, 0.6) is 0 Å². The molecule has 1 atom stereocenters. The fraction of sp³-hybridized carbons (Fsp3) is 0.909. The van der Waals surface area contributed by atoms with Crippen LogP contribution in [-0.4, -0.2) is 56.4 Å². The Bertz CT molecular complexity index is 374. The van der Waals surface area contributed by atoms with Crippen molar-refractivity contribution in [2.24, 2.45) is 0 Å². The molecule has 2 aliphatic rings. The van der Waals surface area contributed by atoms with E-state index in [1.54, 1.807) is 4.90 Å².